The van der Waals surface area contributed by atoms with Crippen molar-refractivity contribution in [1.82, 2.24) is 10.6 Å². The minimum Gasteiger partial charge on any atom is -0.372 e. The van der Waals surface area contributed by atoms with E-state index in [4.69, 9.17) is 4.74 Å². The van der Waals surface area contributed by atoms with E-state index in [1.165, 1.54) is 31.6 Å². The van der Waals surface area contributed by atoms with Gasteiger partial charge in [0, 0.05) is 19.2 Å². The Hall–Kier alpha value is -2.21. The second kappa shape index (κ2) is 9.48. The van der Waals surface area contributed by atoms with Crippen LogP contribution in [0.1, 0.15) is 44.6 Å². The summed E-state index contributed by atoms with van der Waals surface area (Å²) in [5, 5.41) is 5.16. The number of benzene rings is 1. The average Bonchev–Trinajstić information content (AvgIpc) is 2.67. The van der Waals surface area contributed by atoms with Gasteiger partial charge in [-0.15, -0.1) is 0 Å². The van der Waals surface area contributed by atoms with Gasteiger partial charge in [0.15, 0.2) is 0 Å². The first kappa shape index (κ1) is 20.1. The molecule has 142 valence electrons. The van der Waals surface area contributed by atoms with Gasteiger partial charge in [0.1, 0.15) is 11.4 Å². The van der Waals surface area contributed by atoms with Crippen LogP contribution in [0.2, 0.25) is 0 Å². The number of nitrogens with one attached hydrogen (secondary N) is 2. The number of hydrogen-bond acceptors (Lipinski definition) is 3. The predicted octanol–water partition coefficient (Wildman–Crippen LogP) is 2.81. The number of carbonyl (C=O) groups excluding carboxylic acids is 2. The third-order valence-corrected chi connectivity index (χ3v) is 4.80. The third-order valence-electron chi connectivity index (χ3n) is 4.80. The summed E-state index contributed by atoms with van der Waals surface area (Å²) in [7, 11) is 1.44. The molecule has 1 aliphatic rings. The minimum atomic E-state index is -1.06. The highest BCUT2D eigenvalue weighted by Crippen LogP contribution is 2.26. The van der Waals surface area contributed by atoms with Crippen molar-refractivity contribution in [1.29, 1.82) is 0 Å². The van der Waals surface area contributed by atoms with Gasteiger partial charge in [0.25, 0.3) is 0 Å². The Morgan fingerprint density at radius 3 is 2.58 bits per heavy atom. The zero-order valence-corrected chi connectivity index (χ0v) is 15.4. The van der Waals surface area contributed by atoms with E-state index in [9.17, 15) is 14.0 Å². The van der Waals surface area contributed by atoms with Crippen molar-refractivity contribution in [3.05, 3.63) is 47.3 Å². The lowest BCUT2D eigenvalue weighted by molar-refractivity contribution is -0.140. The maximum absolute atomic E-state index is 14.0. The van der Waals surface area contributed by atoms with E-state index in [-0.39, 0.29) is 6.54 Å². The molecule has 0 aromatic heterocycles. The van der Waals surface area contributed by atoms with Gasteiger partial charge in [-0.05, 0) is 45.1 Å². The Labute approximate surface area is 154 Å². The van der Waals surface area contributed by atoms with Crippen LogP contribution in [-0.2, 0) is 19.9 Å². The monoisotopic (exact) mass is 362 g/mol. The van der Waals surface area contributed by atoms with Gasteiger partial charge < -0.3 is 15.4 Å². The van der Waals surface area contributed by atoms with Gasteiger partial charge in [-0.2, -0.15) is 0 Å². The molecule has 6 heteroatoms. The van der Waals surface area contributed by atoms with Gasteiger partial charge in [-0.3, -0.25) is 9.59 Å². The van der Waals surface area contributed by atoms with Crippen LogP contribution in [0.4, 0.5) is 4.39 Å². The Balaban J connectivity index is 1.83. The molecule has 0 heterocycles. The average molecular weight is 362 g/mol. The van der Waals surface area contributed by atoms with Crippen LogP contribution in [0.15, 0.2) is 35.9 Å². The molecule has 2 amide bonds. The number of rotatable bonds is 7. The number of halogens is 1. The summed E-state index contributed by atoms with van der Waals surface area (Å²) in [5.41, 5.74) is 0.602. The molecule has 0 spiro atoms. The minimum absolute atomic E-state index is 0.0121. The highest BCUT2D eigenvalue weighted by atomic mass is 19.1. The molecule has 0 fully saturated rings. The van der Waals surface area contributed by atoms with Crippen molar-refractivity contribution >= 4 is 11.8 Å². The zero-order chi connectivity index (χ0) is 19.0. The molecular weight excluding hydrogens is 335 g/mol. The molecule has 1 aliphatic carbocycles. The predicted molar refractivity (Wildman–Crippen MR) is 97.9 cm³/mol. The van der Waals surface area contributed by atoms with Gasteiger partial charge >= 0.3 is 11.8 Å². The molecule has 0 bridgehead atoms. The van der Waals surface area contributed by atoms with Gasteiger partial charge in [-0.25, -0.2) is 4.39 Å². The molecule has 26 heavy (non-hydrogen) atoms. The number of methoxy groups -OCH3 is 1. The van der Waals surface area contributed by atoms with Crippen LogP contribution in [0.3, 0.4) is 0 Å². The van der Waals surface area contributed by atoms with Crippen LogP contribution in [0, 0.1) is 5.82 Å². The quantitative estimate of drug-likeness (QED) is 0.579. The zero-order valence-electron chi connectivity index (χ0n) is 15.4. The maximum atomic E-state index is 14.0. The number of amides is 2. The van der Waals surface area contributed by atoms with E-state index in [1.54, 1.807) is 25.1 Å². The van der Waals surface area contributed by atoms with Crippen molar-refractivity contribution in [3.63, 3.8) is 0 Å². The molecule has 1 atom stereocenters. The molecule has 2 N–H and O–H groups in total. The standard InChI is InChI=1S/C20H27FN2O3/c1-20(26-2,16-10-6-7-11-17(16)21)14-23-19(25)18(24)22-13-12-15-8-4-3-5-9-15/h6-8,10-11H,3-5,9,12-14H2,1-2H3,(H,22,24)(H,23,25). The van der Waals surface area contributed by atoms with Crippen molar-refractivity contribution in [2.45, 2.75) is 44.6 Å². The molecule has 1 aromatic rings. The van der Waals surface area contributed by atoms with E-state index in [2.05, 4.69) is 16.7 Å². The topological polar surface area (TPSA) is 67.4 Å². The normalized spacial score (nSPS) is 16.3. The van der Waals surface area contributed by atoms with E-state index in [1.807, 2.05) is 0 Å². The fourth-order valence-electron chi connectivity index (χ4n) is 3.05. The second-order valence-electron chi connectivity index (χ2n) is 6.71. The number of carbonyl (C=O) groups is 2. The summed E-state index contributed by atoms with van der Waals surface area (Å²) in [6.07, 6.45) is 7.55. The lowest BCUT2D eigenvalue weighted by atomic mass is 9.95. The summed E-state index contributed by atoms with van der Waals surface area (Å²) in [6.45, 7) is 2.09. The smallest absolute Gasteiger partial charge is 0.309 e. The number of ether oxygens (including phenoxy) is 1. The van der Waals surface area contributed by atoms with Crippen LogP contribution < -0.4 is 10.6 Å². The van der Waals surface area contributed by atoms with Crippen molar-refractivity contribution in [3.8, 4) is 0 Å². The van der Waals surface area contributed by atoms with Crippen molar-refractivity contribution in [2.75, 3.05) is 20.2 Å². The van der Waals surface area contributed by atoms with Gasteiger partial charge in [0.2, 0.25) is 0 Å². The fourth-order valence-corrected chi connectivity index (χ4v) is 3.05. The molecule has 2 rings (SSSR count). The number of allylic oxidation sites excluding steroid dienone is 1. The molecule has 0 aliphatic heterocycles. The fraction of sp³-hybridized carbons (Fsp3) is 0.500. The largest absolute Gasteiger partial charge is 0.372 e. The third kappa shape index (κ3) is 5.39. The lowest BCUT2D eigenvalue weighted by Crippen LogP contribution is -2.46. The Morgan fingerprint density at radius 2 is 1.92 bits per heavy atom. The summed E-state index contributed by atoms with van der Waals surface area (Å²) < 4.78 is 19.4. The summed E-state index contributed by atoms with van der Waals surface area (Å²) in [6, 6.07) is 6.22. The molecule has 1 aromatic carbocycles. The number of hydrogen-bond donors (Lipinski definition) is 2. The van der Waals surface area contributed by atoms with Gasteiger partial charge in [0.05, 0.1) is 6.54 Å². The van der Waals surface area contributed by atoms with Gasteiger partial charge in [-0.1, -0.05) is 29.8 Å². The first-order valence-corrected chi connectivity index (χ1v) is 9.00. The highest BCUT2D eigenvalue weighted by Gasteiger charge is 2.30. The van der Waals surface area contributed by atoms with E-state index in [0.717, 1.165) is 19.3 Å². The molecular formula is C20H27FN2O3. The Bertz CT molecular complexity index is 675. The summed E-state index contributed by atoms with van der Waals surface area (Å²) in [4.78, 5) is 24.0. The second-order valence-corrected chi connectivity index (χ2v) is 6.71. The van der Waals surface area contributed by atoms with Crippen LogP contribution in [-0.4, -0.2) is 32.0 Å². The van der Waals surface area contributed by atoms with Crippen LogP contribution >= 0.6 is 0 Å². The van der Waals surface area contributed by atoms with Crippen molar-refractivity contribution in [2.24, 2.45) is 0 Å². The SMILES string of the molecule is COC(C)(CNC(=O)C(=O)NCCC1=CCCCC1)c1ccccc1F. The molecule has 0 saturated heterocycles. The van der Waals surface area contributed by atoms with E-state index >= 15 is 0 Å². The van der Waals surface area contributed by atoms with Crippen molar-refractivity contribution < 1.29 is 18.7 Å². The highest BCUT2D eigenvalue weighted by molar-refractivity contribution is 6.35. The Kier molecular flexibility index (Phi) is 7.33. The van der Waals surface area contributed by atoms with E-state index < -0.39 is 23.2 Å². The van der Waals surface area contributed by atoms with E-state index in [0.29, 0.717) is 12.1 Å². The molecule has 5 nitrogen and oxygen atoms in total. The molecule has 0 radical (unpaired) electrons. The lowest BCUT2D eigenvalue weighted by Gasteiger charge is -2.29. The maximum Gasteiger partial charge on any atom is 0.309 e. The summed E-state index contributed by atoms with van der Waals surface area (Å²) >= 11 is 0. The molecule has 1 unspecified atom stereocenters. The van der Waals surface area contributed by atoms with Crippen LogP contribution in [0.5, 0.6) is 0 Å². The Morgan fingerprint density at radius 1 is 1.19 bits per heavy atom. The van der Waals surface area contributed by atoms with Crippen LogP contribution in [0.25, 0.3) is 0 Å². The first-order valence-electron chi connectivity index (χ1n) is 9.00. The molecule has 0 saturated carbocycles. The summed E-state index contributed by atoms with van der Waals surface area (Å²) in [5.74, 6) is -1.85. The first-order chi connectivity index (χ1) is 12.5.